The number of likely N-dealkylation sites (N-methyl/N-ethyl adjacent to an activating group) is 1. The summed E-state index contributed by atoms with van der Waals surface area (Å²) in [6.45, 7) is 4.62. The minimum absolute atomic E-state index is 0.0610. The van der Waals surface area contributed by atoms with E-state index < -0.39 is 0 Å². The first-order chi connectivity index (χ1) is 21.9. The molecule has 2 aromatic carbocycles. The lowest BCUT2D eigenvalue weighted by atomic mass is 9.78. The largest absolute Gasteiger partial charge is 0.496 e. The van der Waals surface area contributed by atoms with Crippen LogP contribution in [0.1, 0.15) is 92.2 Å². The molecule has 0 bridgehead atoms. The fraction of sp³-hybridized carbons (Fsp3) is 0.579. The molecule has 3 saturated carbocycles. The van der Waals surface area contributed by atoms with E-state index >= 15 is 0 Å². The van der Waals surface area contributed by atoms with Gasteiger partial charge in [0.25, 0.3) is 0 Å². The van der Waals surface area contributed by atoms with Crippen molar-refractivity contribution in [3.05, 3.63) is 64.8 Å². The normalized spacial score (nSPS) is 23.7. The first kappa shape index (κ1) is 32.2. The molecule has 1 amide bonds. The van der Waals surface area contributed by atoms with E-state index in [1.807, 2.05) is 17.5 Å². The molecule has 3 aliphatic rings. The van der Waals surface area contributed by atoms with Crippen molar-refractivity contribution in [2.24, 2.45) is 11.8 Å². The number of carbonyl (C=O) groups excluding carboxylic acids is 1. The minimum atomic E-state index is 0.0610. The Morgan fingerprint density at radius 1 is 0.933 bits per heavy atom. The summed E-state index contributed by atoms with van der Waals surface area (Å²) in [4.78, 5) is 24.6. The van der Waals surface area contributed by atoms with E-state index in [0.29, 0.717) is 23.7 Å². The van der Waals surface area contributed by atoms with E-state index in [4.69, 9.17) is 14.5 Å². The number of ether oxygens (including phenoxy) is 2. The highest BCUT2D eigenvalue weighted by molar-refractivity contribution is 7.15. The predicted octanol–water partition coefficient (Wildman–Crippen LogP) is 8.45. The van der Waals surface area contributed by atoms with Crippen LogP contribution in [0.2, 0.25) is 0 Å². The second kappa shape index (κ2) is 14.8. The zero-order valence-corrected chi connectivity index (χ0v) is 28.5. The molecule has 6 rings (SSSR count). The van der Waals surface area contributed by atoms with Crippen molar-refractivity contribution in [1.29, 1.82) is 0 Å². The molecular formula is C38H51N3O3S. The highest BCUT2D eigenvalue weighted by Crippen LogP contribution is 2.44. The van der Waals surface area contributed by atoms with Crippen LogP contribution in [0.25, 0.3) is 10.4 Å². The zero-order valence-electron chi connectivity index (χ0n) is 27.7. The van der Waals surface area contributed by atoms with Gasteiger partial charge in [0, 0.05) is 36.8 Å². The third kappa shape index (κ3) is 8.16. The second-order valence-corrected chi connectivity index (χ2v) is 15.0. The molecule has 0 aliphatic heterocycles. The van der Waals surface area contributed by atoms with Gasteiger partial charge < -0.3 is 19.3 Å². The molecular weight excluding hydrogens is 579 g/mol. The minimum Gasteiger partial charge on any atom is -0.496 e. The van der Waals surface area contributed by atoms with Crippen molar-refractivity contribution in [1.82, 2.24) is 9.88 Å². The summed E-state index contributed by atoms with van der Waals surface area (Å²) < 4.78 is 11.7. The first-order valence-corrected chi connectivity index (χ1v) is 18.0. The van der Waals surface area contributed by atoms with E-state index in [1.165, 1.54) is 52.3 Å². The SMILES string of the molecule is COc1ccc(C2CCC(CN(C(=O)C3CCC(OCCN(C)C)CC3)c3cccc(-c4cnc(C5CC5)s4)c3)CC2)cc1C. The van der Waals surface area contributed by atoms with E-state index in [-0.39, 0.29) is 12.0 Å². The summed E-state index contributed by atoms with van der Waals surface area (Å²) in [5, 5.41) is 1.26. The number of hydrogen-bond acceptors (Lipinski definition) is 6. The van der Waals surface area contributed by atoms with Crippen molar-refractivity contribution in [3.8, 4) is 16.2 Å². The number of aryl methyl sites for hydroxylation is 1. The zero-order chi connectivity index (χ0) is 31.3. The quantitative estimate of drug-likeness (QED) is 0.201. The highest BCUT2D eigenvalue weighted by Gasteiger charge is 2.33. The van der Waals surface area contributed by atoms with Crippen LogP contribution in [0.3, 0.4) is 0 Å². The number of thiazole rings is 1. The van der Waals surface area contributed by atoms with Gasteiger partial charge in [-0.2, -0.15) is 0 Å². The van der Waals surface area contributed by atoms with Crippen molar-refractivity contribution >= 4 is 22.9 Å². The third-order valence-corrected chi connectivity index (χ3v) is 11.5. The van der Waals surface area contributed by atoms with Crippen LogP contribution in [-0.4, -0.2) is 62.8 Å². The maximum atomic E-state index is 14.4. The second-order valence-electron chi connectivity index (χ2n) is 13.9. The lowest BCUT2D eigenvalue weighted by Crippen LogP contribution is -2.42. The lowest BCUT2D eigenvalue weighted by Gasteiger charge is -2.36. The van der Waals surface area contributed by atoms with E-state index in [2.05, 4.69) is 73.3 Å². The summed E-state index contributed by atoms with van der Waals surface area (Å²) in [6, 6.07) is 15.3. The number of methoxy groups -OCH3 is 1. The average molecular weight is 630 g/mol. The van der Waals surface area contributed by atoms with Crippen LogP contribution >= 0.6 is 11.3 Å². The molecule has 1 heterocycles. The summed E-state index contributed by atoms with van der Waals surface area (Å²) >= 11 is 1.82. The van der Waals surface area contributed by atoms with Crippen LogP contribution in [0.4, 0.5) is 5.69 Å². The van der Waals surface area contributed by atoms with Crippen molar-refractivity contribution < 1.29 is 14.3 Å². The first-order valence-electron chi connectivity index (χ1n) is 17.2. The maximum Gasteiger partial charge on any atom is 0.230 e. The summed E-state index contributed by atoms with van der Waals surface area (Å²) in [5.41, 5.74) is 4.84. The molecule has 45 heavy (non-hydrogen) atoms. The molecule has 242 valence electrons. The maximum absolute atomic E-state index is 14.4. The van der Waals surface area contributed by atoms with Crippen molar-refractivity contribution in [2.75, 3.05) is 45.8 Å². The van der Waals surface area contributed by atoms with E-state index in [1.54, 1.807) is 7.11 Å². The molecule has 0 saturated heterocycles. The summed E-state index contributed by atoms with van der Waals surface area (Å²) in [6.07, 6.45) is 13.2. The Morgan fingerprint density at radius 2 is 1.69 bits per heavy atom. The van der Waals surface area contributed by atoms with Crippen LogP contribution in [0.15, 0.2) is 48.7 Å². The Balaban J connectivity index is 1.15. The average Bonchev–Trinajstić information content (AvgIpc) is 3.79. The number of nitrogens with zero attached hydrogens (tertiary/aromatic N) is 3. The molecule has 3 fully saturated rings. The van der Waals surface area contributed by atoms with Gasteiger partial charge >= 0.3 is 0 Å². The molecule has 0 radical (unpaired) electrons. The molecule has 6 nitrogen and oxygen atoms in total. The molecule has 0 atom stereocenters. The van der Waals surface area contributed by atoms with Gasteiger partial charge in [0.1, 0.15) is 5.75 Å². The van der Waals surface area contributed by atoms with Crippen LogP contribution < -0.4 is 9.64 Å². The monoisotopic (exact) mass is 629 g/mol. The Kier molecular flexibility index (Phi) is 10.6. The van der Waals surface area contributed by atoms with E-state index in [0.717, 1.165) is 69.7 Å². The number of aromatic nitrogens is 1. The van der Waals surface area contributed by atoms with Gasteiger partial charge in [0.2, 0.25) is 5.91 Å². The molecule has 0 N–H and O–H groups in total. The smallest absolute Gasteiger partial charge is 0.230 e. The fourth-order valence-corrected chi connectivity index (χ4v) is 8.36. The summed E-state index contributed by atoms with van der Waals surface area (Å²) in [7, 11) is 5.90. The van der Waals surface area contributed by atoms with Gasteiger partial charge in [-0.1, -0.05) is 24.3 Å². The number of hydrogen-bond donors (Lipinski definition) is 0. The van der Waals surface area contributed by atoms with E-state index in [9.17, 15) is 4.79 Å². The Hall–Kier alpha value is -2.74. The number of amides is 1. The van der Waals surface area contributed by atoms with Gasteiger partial charge in [0.15, 0.2) is 0 Å². The number of benzene rings is 2. The summed E-state index contributed by atoms with van der Waals surface area (Å²) in [5.74, 6) is 3.06. The molecule has 7 heteroatoms. The van der Waals surface area contributed by atoms with Crippen molar-refractivity contribution in [2.45, 2.75) is 89.1 Å². The molecule has 0 spiro atoms. The number of carbonyl (C=O) groups is 1. The lowest BCUT2D eigenvalue weighted by molar-refractivity contribution is -0.124. The Labute approximate surface area is 274 Å². The number of rotatable bonds is 12. The van der Waals surface area contributed by atoms with Gasteiger partial charge in [0.05, 0.1) is 29.7 Å². The van der Waals surface area contributed by atoms with Gasteiger partial charge in [-0.15, -0.1) is 11.3 Å². The third-order valence-electron chi connectivity index (χ3n) is 10.3. The van der Waals surface area contributed by atoms with Crippen LogP contribution in [0.5, 0.6) is 5.75 Å². The van der Waals surface area contributed by atoms with Gasteiger partial charge in [-0.3, -0.25) is 4.79 Å². The molecule has 3 aliphatic carbocycles. The predicted molar refractivity (Wildman–Crippen MR) is 185 cm³/mol. The molecule has 3 aromatic rings. The Bertz CT molecular complexity index is 1420. The van der Waals surface area contributed by atoms with Gasteiger partial charge in [-0.25, -0.2) is 4.98 Å². The molecule has 0 unspecified atom stereocenters. The highest BCUT2D eigenvalue weighted by atomic mass is 32.1. The van der Waals surface area contributed by atoms with Crippen molar-refractivity contribution in [3.63, 3.8) is 0 Å². The fourth-order valence-electron chi connectivity index (χ4n) is 7.28. The number of anilines is 1. The van der Waals surface area contributed by atoms with Gasteiger partial charge in [-0.05, 0) is 132 Å². The van der Waals surface area contributed by atoms with Crippen LogP contribution in [0, 0.1) is 18.8 Å². The standard InChI is InChI=1S/C38H51N3O3S/c1-26-22-31(16-19-35(26)43-4)28-10-8-27(9-11-28)25-41(38(42)30-14-17-34(18-15-30)44-21-20-40(2)3)33-7-5-6-32(23-33)36-24-39-37(45-36)29-12-13-29/h5-7,16,19,22-24,27-30,34H,8-15,17-18,20-21,25H2,1-4H3. The molecule has 1 aromatic heterocycles. The Morgan fingerprint density at radius 3 is 2.38 bits per heavy atom. The van der Waals surface area contributed by atoms with Crippen LogP contribution in [-0.2, 0) is 9.53 Å². The topological polar surface area (TPSA) is 54.9 Å².